The number of hydrogen-bond acceptors (Lipinski definition) is 1. The fourth-order valence-corrected chi connectivity index (χ4v) is 0. The van der Waals surface area contributed by atoms with Gasteiger partial charge in [-0.25, -0.2) is 0 Å². The smallest absolute Gasteiger partial charge is 0.256 e. The fourth-order valence-electron chi connectivity index (χ4n) is 0. The Morgan fingerprint density at radius 2 is 1.75 bits per heavy atom. The van der Waals surface area contributed by atoms with E-state index in [9.17, 15) is 0 Å². The van der Waals surface area contributed by atoms with E-state index in [1.165, 1.54) is 0 Å². The maximum absolute atomic E-state index is 8.67. The fraction of sp³-hybridized carbons (Fsp3) is 0. The first kappa shape index (κ1) is 8.84. The highest BCUT2D eigenvalue weighted by molar-refractivity contribution is 7.57. The minimum absolute atomic E-state index is 0. The molecule has 0 N–H and O–H groups in total. The average molecular weight is 116 g/mol. The molecule has 1 atom stereocenters. The van der Waals surface area contributed by atoms with E-state index in [-0.39, 0.29) is 17.7 Å². The Morgan fingerprint density at radius 3 is 1.75 bits per heavy atom. The summed E-state index contributed by atoms with van der Waals surface area (Å²) < 4.78 is 8.67. The van der Waals surface area contributed by atoms with E-state index in [2.05, 4.69) is 11.2 Å². The second kappa shape index (κ2) is 9.17. The summed E-state index contributed by atoms with van der Waals surface area (Å²) in [5.74, 6) is 0. The lowest BCUT2D eigenvalue weighted by atomic mass is 16.0. The second-order valence-corrected chi connectivity index (χ2v) is 0.621. The molecule has 0 spiro atoms. The summed E-state index contributed by atoms with van der Waals surface area (Å²) in [6, 6.07) is 0. The number of hydrogen-bond donors (Lipinski definition) is 0. The molecule has 0 fully saturated rings. The van der Waals surface area contributed by atoms with Crippen molar-refractivity contribution < 1.29 is 4.57 Å². The van der Waals surface area contributed by atoms with Gasteiger partial charge in [0.05, 0.1) is 0 Å². The van der Waals surface area contributed by atoms with Crippen molar-refractivity contribution in [3.63, 3.8) is 0 Å². The van der Waals surface area contributed by atoms with Gasteiger partial charge in [0.25, 0.3) is 7.81 Å². The highest BCUT2D eigenvalue weighted by Crippen LogP contribution is 1.92. The quantitative estimate of drug-likeness (QED) is 0.438. The van der Waals surface area contributed by atoms with Crippen LogP contribution in [0.4, 0.5) is 0 Å². The molecule has 0 aliphatic carbocycles. The van der Waals surface area contributed by atoms with Crippen LogP contribution in [-0.2, 0) is 4.57 Å². The zero-order valence-corrected chi connectivity index (χ0v) is 5.01. The third kappa shape index (κ3) is 13.9. The summed E-state index contributed by atoms with van der Waals surface area (Å²) in [5, 5.41) is 0. The van der Waals surface area contributed by atoms with Crippen molar-refractivity contribution in [3.05, 3.63) is 0 Å². The van der Waals surface area contributed by atoms with Crippen molar-refractivity contribution >= 4 is 29.0 Å². The summed E-state index contributed by atoms with van der Waals surface area (Å²) in [6.45, 7) is 0. The normalized spacial score (nSPS) is 5.25. The van der Waals surface area contributed by atoms with Gasteiger partial charge >= 0.3 is 0 Å². The average Bonchev–Trinajstić information content (AvgIpc) is 0.918. The van der Waals surface area contributed by atoms with E-state index in [0.29, 0.717) is 0 Å². The van der Waals surface area contributed by atoms with E-state index in [0.717, 1.165) is 0 Å². The number of halogens is 1. The molecule has 0 saturated heterocycles. The van der Waals surface area contributed by atoms with E-state index >= 15 is 0 Å². The molecule has 4 heteroatoms. The van der Waals surface area contributed by atoms with Gasteiger partial charge in [-0.2, -0.15) is 9.90 Å². The molecule has 26 valence electrons. The predicted molar refractivity (Wildman–Crippen MR) is 24.6 cm³/mol. The molecule has 0 bridgehead atoms. The van der Waals surface area contributed by atoms with Gasteiger partial charge in [-0.15, -0.1) is 0 Å². The minimum atomic E-state index is -0.361. The summed E-state index contributed by atoms with van der Waals surface area (Å²) in [4.78, 5) is 0. The summed E-state index contributed by atoms with van der Waals surface area (Å²) >= 11 is 4.42. The summed E-state index contributed by atoms with van der Waals surface area (Å²) in [6.07, 6.45) is 0. The van der Waals surface area contributed by atoms with Crippen molar-refractivity contribution in [2.24, 2.45) is 0 Å². The van der Waals surface area contributed by atoms with Crippen molar-refractivity contribution in [3.8, 4) is 0 Å². The van der Waals surface area contributed by atoms with Crippen LogP contribution < -0.4 is 0 Å². The zero-order chi connectivity index (χ0) is 2.71. The lowest BCUT2D eigenvalue weighted by molar-refractivity contribution is 0.605. The van der Waals surface area contributed by atoms with Crippen LogP contribution in [0.3, 0.4) is 0 Å². The molecular weight excluding hydrogens is 113 g/mol. The van der Waals surface area contributed by atoms with E-state index in [1.54, 1.807) is 0 Å². The maximum Gasteiger partial charge on any atom is 0.267 e. The van der Waals surface area contributed by atoms with Crippen LogP contribution in [0.1, 0.15) is 0 Å². The molecule has 0 saturated carbocycles. The van der Waals surface area contributed by atoms with Crippen LogP contribution in [0.25, 0.3) is 0 Å². The Morgan fingerprint density at radius 1 is 1.75 bits per heavy atom. The molecule has 1 nitrogen and oxygen atoms in total. The van der Waals surface area contributed by atoms with Gasteiger partial charge in [0.15, 0.2) is 0 Å². The van der Waals surface area contributed by atoms with Gasteiger partial charge in [0, 0.05) is 0 Å². The second-order valence-electron chi connectivity index (χ2n) is 0.0690. The van der Waals surface area contributed by atoms with E-state index in [4.69, 9.17) is 4.57 Å². The Balaban J connectivity index is 0. The maximum atomic E-state index is 8.67. The van der Waals surface area contributed by atoms with Crippen molar-refractivity contribution in [2.45, 2.75) is 0 Å². The summed E-state index contributed by atoms with van der Waals surface area (Å²) in [5.41, 5.74) is 0. The topological polar surface area (TPSA) is 17.1 Å². The first-order valence-electron chi connectivity index (χ1n) is 0.352. The molecule has 0 amide bonds. The summed E-state index contributed by atoms with van der Waals surface area (Å²) in [7, 11) is -0.361. The lowest BCUT2D eigenvalue weighted by Gasteiger charge is -1.16. The third-order valence-electron chi connectivity index (χ3n) is 0. The molecule has 0 aromatic heterocycles. The molecule has 0 radical (unpaired) electrons. The predicted octanol–water partition coefficient (Wildman–Crippen LogP) is 1.49. The Kier molecular flexibility index (Phi) is 20.3. The van der Waals surface area contributed by atoms with E-state index < -0.39 is 0 Å². The monoisotopic (exact) mass is 116 g/mol. The Hall–Kier alpha value is 0.820. The number of rotatable bonds is 0. The molecular formula is H3ClOP2. The Labute approximate surface area is 34.3 Å². The van der Waals surface area contributed by atoms with Crippen molar-refractivity contribution in [2.75, 3.05) is 0 Å². The molecule has 4 heavy (non-hydrogen) atoms. The highest BCUT2D eigenvalue weighted by Gasteiger charge is 1.33. The molecule has 1 unspecified atom stereocenters. The Bertz CT molecular complexity index is 13.5. The van der Waals surface area contributed by atoms with Gasteiger partial charge in [-0.05, 0) is 11.2 Å². The van der Waals surface area contributed by atoms with Crippen molar-refractivity contribution in [1.29, 1.82) is 0 Å². The van der Waals surface area contributed by atoms with Crippen molar-refractivity contribution in [1.82, 2.24) is 0 Å². The van der Waals surface area contributed by atoms with Crippen LogP contribution in [0, 0.1) is 0 Å². The molecule has 0 aliphatic heterocycles. The lowest BCUT2D eigenvalue weighted by Crippen LogP contribution is -0.706. The van der Waals surface area contributed by atoms with Gasteiger partial charge in [-0.1, -0.05) is 0 Å². The minimum Gasteiger partial charge on any atom is -0.256 e. The standard InChI is InChI=1S/ClOP.H3P/c1-3-2;/h;1H3. The largest absolute Gasteiger partial charge is 0.267 e. The molecule has 0 rings (SSSR count). The third-order valence-corrected chi connectivity index (χ3v) is 0. The van der Waals surface area contributed by atoms with Gasteiger partial charge in [0.2, 0.25) is 0 Å². The van der Waals surface area contributed by atoms with Crippen LogP contribution in [0.2, 0.25) is 0 Å². The van der Waals surface area contributed by atoms with Gasteiger partial charge in [0.1, 0.15) is 0 Å². The first-order chi connectivity index (χ1) is 1.41. The zero-order valence-electron chi connectivity index (χ0n) is 1.94. The van der Waals surface area contributed by atoms with Crippen LogP contribution in [0.5, 0.6) is 0 Å². The van der Waals surface area contributed by atoms with Crippen LogP contribution in [-0.4, -0.2) is 0 Å². The SMILES string of the molecule is O=PCl.P. The molecule has 0 aliphatic rings. The van der Waals surface area contributed by atoms with Crippen LogP contribution >= 0.6 is 29.0 Å². The van der Waals surface area contributed by atoms with E-state index in [1.807, 2.05) is 0 Å². The molecule has 0 heterocycles. The molecule has 0 aromatic carbocycles. The van der Waals surface area contributed by atoms with Gasteiger partial charge < -0.3 is 0 Å². The van der Waals surface area contributed by atoms with Crippen LogP contribution in [0.15, 0.2) is 0 Å². The first-order valence-corrected chi connectivity index (χ1v) is 2.07. The molecule has 0 aromatic rings. The highest BCUT2D eigenvalue weighted by atomic mass is 35.7. The van der Waals surface area contributed by atoms with Gasteiger partial charge in [-0.3, -0.25) is 4.57 Å².